The first-order valence-electron chi connectivity index (χ1n) is 5.90. The molecule has 0 N–H and O–H groups in total. The molecule has 0 saturated carbocycles. The van der Waals surface area contributed by atoms with Gasteiger partial charge in [0.05, 0.1) is 13.7 Å². The van der Waals surface area contributed by atoms with E-state index in [1.165, 1.54) is 0 Å². The summed E-state index contributed by atoms with van der Waals surface area (Å²) in [4.78, 5) is 0. The van der Waals surface area contributed by atoms with Crippen LogP contribution in [0.3, 0.4) is 0 Å². The van der Waals surface area contributed by atoms with Gasteiger partial charge in [-0.2, -0.15) is 0 Å². The summed E-state index contributed by atoms with van der Waals surface area (Å²) in [6, 6.07) is 5.97. The monoisotopic (exact) mass is 234 g/mol. The van der Waals surface area contributed by atoms with Gasteiger partial charge >= 0.3 is 0 Å². The summed E-state index contributed by atoms with van der Waals surface area (Å²) >= 11 is 0. The zero-order valence-corrected chi connectivity index (χ0v) is 11.4. The van der Waals surface area contributed by atoms with Crippen LogP contribution in [0.1, 0.15) is 33.3 Å². The minimum atomic E-state index is 0.146. The third-order valence-electron chi connectivity index (χ3n) is 2.21. The second kappa shape index (κ2) is 5.76. The van der Waals surface area contributed by atoms with Gasteiger partial charge < -0.3 is 9.47 Å². The molecule has 0 unspecified atom stereocenters. The Morgan fingerprint density at radius 2 is 1.88 bits per heavy atom. The van der Waals surface area contributed by atoms with Gasteiger partial charge in [0.25, 0.3) is 0 Å². The highest BCUT2D eigenvalue weighted by atomic mass is 16.5. The maximum Gasteiger partial charge on any atom is 0.161 e. The molecule has 0 spiro atoms. The zero-order chi connectivity index (χ0) is 12.9. The Hall–Kier alpha value is -1.44. The van der Waals surface area contributed by atoms with E-state index in [1.54, 1.807) is 7.11 Å². The number of benzene rings is 1. The Balaban J connectivity index is 2.85. The minimum absolute atomic E-state index is 0.146. The number of rotatable bonds is 4. The summed E-state index contributed by atoms with van der Waals surface area (Å²) in [7, 11) is 1.67. The SMILES string of the molecule is C/C=C/c1ccc(OCC(C)(C)C)c(OC)c1. The third kappa shape index (κ3) is 4.51. The number of hydrogen-bond acceptors (Lipinski definition) is 2. The fourth-order valence-corrected chi connectivity index (χ4v) is 1.39. The molecule has 0 aliphatic heterocycles. The minimum Gasteiger partial charge on any atom is -0.493 e. The van der Waals surface area contributed by atoms with Crippen molar-refractivity contribution in [2.75, 3.05) is 13.7 Å². The molecule has 2 nitrogen and oxygen atoms in total. The molecule has 1 rings (SSSR count). The van der Waals surface area contributed by atoms with Crippen LogP contribution in [0.15, 0.2) is 24.3 Å². The molecule has 0 amide bonds. The Kier molecular flexibility index (Phi) is 4.62. The summed E-state index contributed by atoms with van der Waals surface area (Å²) in [6.45, 7) is 9.11. The van der Waals surface area contributed by atoms with Crippen molar-refractivity contribution in [3.8, 4) is 11.5 Å². The largest absolute Gasteiger partial charge is 0.493 e. The number of allylic oxidation sites excluding steroid dienone is 1. The molecule has 94 valence electrons. The van der Waals surface area contributed by atoms with Crippen LogP contribution in [0.5, 0.6) is 11.5 Å². The molecule has 0 aliphatic carbocycles. The molecule has 0 radical (unpaired) electrons. The number of ether oxygens (including phenoxy) is 2. The lowest BCUT2D eigenvalue weighted by Crippen LogP contribution is -2.17. The summed E-state index contributed by atoms with van der Waals surface area (Å²) in [5.74, 6) is 1.58. The van der Waals surface area contributed by atoms with Crippen molar-refractivity contribution in [2.24, 2.45) is 5.41 Å². The van der Waals surface area contributed by atoms with Crippen molar-refractivity contribution in [1.29, 1.82) is 0 Å². The maximum atomic E-state index is 5.78. The van der Waals surface area contributed by atoms with Gasteiger partial charge in [-0.25, -0.2) is 0 Å². The highest BCUT2D eigenvalue weighted by Crippen LogP contribution is 2.30. The first kappa shape index (κ1) is 13.6. The van der Waals surface area contributed by atoms with Gasteiger partial charge in [-0.15, -0.1) is 0 Å². The van der Waals surface area contributed by atoms with Crippen LogP contribution in [0.4, 0.5) is 0 Å². The summed E-state index contributed by atoms with van der Waals surface area (Å²) in [6.07, 6.45) is 4.04. The van der Waals surface area contributed by atoms with Crippen LogP contribution in [0, 0.1) is 5.41 Å². The van der Waals surface area contributed by atoms with E-state index in [9.17, 15) is 0 Å². The molecule has 0 saturated heterocycles. The lowest BCUT2D eigenvalue weighted by molar-refractivity contribution is 0.191. The molecule has 0 heterocycles. The van der Waals surface area contributed by atoms with Gasteiger partial charge in [0, 0.05) is 0 Å². The van der Waals surface area contributed by atoms with Crippen molar-refractivity contribution < 1.29 is 9.47 Å². The number of hydrogen-bond donors (Lipinski definition) is 0. The third-order valence-corrected chi connectivity index (χ3v) is 2.21. The van der Waals surface area contributed by atoms with E-state index < -0.39 is 0 Å². The predicted octanol–water partition coefficient (Wildman–Crippen LogP) is 4.15. The van der Waals surface area contributed by atoms with Crippen molar-refractivity contribution in [1.82, 2.24) is 0 Å². The van der Waals surface area contributed by atoms with E-state index >= 15 is 0 Å². The molecular weight excluding hydrogens is 212 g/mol. The van der Waals surface area contributed by atoms with E-state index in [4.69, 9.17) is 9.47 Å². The Morgan fingerprint density at radius 3 is 2.41 bits per heavy atom. The van der Waals surface area contributed by atoms with Crippen LogP contribution in [0.2, 0.25) is 0 Å². The zero-order valence-electron chi connectivity index (χ0n) is 11.4. The van der Waals surface area contributed by atoms with E-state index in [2.05, 4.69) is 20.8 Å². The fraction of sp³-hybridized carbons (Fsp3) is 0.467. The highest BCUT2D eigenvalue weighted by Gasteiger charge is 2.13. The summed E-state index contributed by atoms with van der Waals surface area (Å²) < 4.78 is 11.1. The quantitative estimate of drug-likeness (QED) is 0.779. The van der Waals surface area contributed by atoms with Crippen molar-refractivity contribution in [3.05, 3.63) is 29.8 Å². The van der Waals surface area contributed by atoms with Gasteiger partial charge in [-0.05, 0) is 30.0 Å². The second-order valence-electron chi connectivity index (χ2n) is 5.26. The normalized spacial score (nSPS) is 11.8. The topological polar surface area (TPSA) is 18.5 Å². The van der Waals surface area contributed by atoms with Crippen LogP contribution < -0.4 is 9.47 Å². The van der Waals surface area contributed by atoms with Crippen LogP contribution in [0.25, 0.3) is 6.08 Å². The molecule has 0 fully saturated rings. The van der Waals surface area contributed by atoms with E-state index in [0.29, 0.717) is 6.61 Å². The average Bonchev–Trinajstić information content (AvgIpc) is 2.26. The van der Waals surface area contributed by atoms with E-state index in [-0.39, 0.29) is 5.41 Å². The molecule has 0 bridgehead atoms. The Morgan fingerprint density at radius 1 is 1.18 bits per heavy atom. The molecular formula is C15H22O2. The first-order chi connectivity index (χ1) is 7.96. The van der Waals surface area contributed by atoms with Crippen LogP contribution in [-0.4, -0.2) is 13.7 Å². The number of methoxy groups -OCH3 is 1. The predicted molar refractivity (Wildman–Crippen MR) is 72.7 cm³/mol. The molecule has 0 aromatic heterocycles. The lowest BCUT2D eigenvalue weighted by atomic mass is 9.99. The maximum absolute atomic E-state index is 5.78. The Bertz CT molecular complexity index is 386. The van der Waals surface area contributed by atoms with Crippen LogP contribution in [-0.2, 0) is 0 Å². The van der Waals surface area contributed by atoms with E-state index in [0.717, 1.165) is 17.1 Å². The molecule has 0 atom stereocenters. The summed E-state index contributed by atoms with van der Waals surface area (Å²) in [5, 5.41) is 0. The van der Waals surface area contributed by atoms with Gasteiger partial charge in [0.1, 0.15) is 0 Å². The van der Waals surface area contributed by atoms with Gasteiger partial charge in [-0.3, -0.25) is 0 Å². The van der Waals surface area contributed by atoms with E-state index in [1.807, 2.05) is 37.3 Å². The van der Waals surface area contributed by atoms with Crippen molar-refractivity contribution >= 4 is 6.08 Å². The van der Waals surface area contributed by atoms with Gasteiger partial charge in [0.15, 0.2) is 11.5 Å². The molecule has 1 aromatic rings. The van der Waals surface area contributed by atoms with Gasteiger partial charge in [-0.1, -0.05) is 39.0 Å². The van der Waals surface area contributed by atoms with Gasteiger partial charge in [0.2, 0.25) is 0 Å². The molecule has 0 aliphatic rings. The summed E-state index contributed by atoms with van der Waals surface area (Å²) in [5.41, 5.74) is 1.26. The Labute approximate surface area is 104 Å². The molecule has 17 heavy (non-hydrogen) atoms. The second-order valence-corrected chi connectivity index (χ2v) is 5.26. The molecule has 1 aromatic carbocycles. The standard InChI is InChI=1S/C15H22O2/c1-6-7-12-8-9-13(14(10-12)16-5)17-11-15(2,3)4/h6-10H,11H2,1-5H3/b7-6+. The van der Waals surface area contributed by atoms with Crippen molar-refractivity contribution in [3.63, 3.8) is 0 Å². The average molecular weight is 234 g/mol. The highest BCUT2D eigenvalue weighted by molar-refractivity contribution is 5.55. The van der Waals surface area contributed by atoms with Crippen molar-refractivity contribution in [2.45, 2.75) is 27.7 Å². The smallest absolute Gasteiger partial charge is 0.161 e. The van der Waals surface area contributed by atoms with Crippen LogP contribution >= 0.6 is 0 Å². The fourth-order valence-electron chi connectivity index (χ4n) is 1.39. The first-order valence-corrected chi connectivity index (χ1v) is 5.90. The molecule has 2 heteroatoms. The lowest BCUT2D eigenvalue weighted by Gasteiger charge is -2.20.